The van der Waals surface area contributed by atoms with Crippen LogP contribution in [0.5, 0.6) is 5.75 Å². The van der Waals surface area contributed by atoms with Gasteiger partial charge in [-0.3, -0.25) is 0 Å². The van der Waals surface area contributed by atoms with E-state index in [-0.39, 0.29) is 5.41 Å². The quantitative estimate of drug-likeness (QED) is 0.528. The molecule has 2 aromatic carbocycles. The van der Waals surface area contributed by atoms with E-state index < -0.39 is 0 Å². The van der Waals surface area contributed by atoms with Gasteiger partial charge in [0.15, 0.2) is 5.16 Å². The summed E-state index contributed by atoms with van der Waals surface area (Å²) in [5.74, 6) is 1.78. The molecule has 0 saturated heterocycles. The van der Waals surface area contributed by atoms with Crippen molar-refractivity contribution in [3.8, 4) is 5.75 Å². The number of hydrogen-bond acceptors (Lipinski definition) is 3. The maximum absolute atomic E-state index is 5.81. The molecule has 0 unspecified atom stereocenters. The SMILES string of the molecule is CC(C)(C)c1ccc(OCCSc2nc3ccccc3[nH]2)cc1. The average Bonchev–Trinajstić information content (AvgIpc) is 2.94. The molecular weight excluding hydrogens is 304 g/mol. The maximum Gasteiger partial charge on any atom is 0.166 e. The van der Waals surface area contributed by atoms with Gasteiger partial charge >= 0.3 is 0 Å². The van der Waals surface area contributed by atoms with E-state index in [9.17, 15) is 0 Å². The lowest BCUT2D eigenvalue weighted by Gasteiger charge is -2.19. The summed E-state index contributed by atoms with van der Waals surface area (Å²) in [6, 6.07) is 16.5. The van der Waals surface area contributed by atoms with Crippen LogP contribution >= 0.6 is 11.8 Å². The number of aromatic amines is 1. The number of hydrogen-bond donors (Lipinski definition) is 1. The lowest BCUT2D eigenvalue weighted by molar-refractivity contribution is 0.343. The molecule has 0 aliphatic heterocycles. The minimum atomic E-state index is 0.176. The highest BCUT2D eigenvalue weighted by Crippen LogP contribution is 2.24. The minimum Gasteiger partial charge on any atom is -0.493 e. The van der Waals surface area contributed by atoms with Gasteiger partial charge in [0.25, 0.3) is 0 Å². The highest BCUT2D eigenvalue weighted by molar-refractivity contribution is 7.99. The molecule has 23 heavy (non-hydrogen) atoms. The Hall–Kier alpha value is -1.94. The summed E-state index contributed by atoms with van der Waals surface area (Å²) in [5, 5.41) is 0.942. The van der Waals surface area contributed by atoms with E-state index in [1.54, 1.807) is 11.8 Å². The number of imidazole rings is 1. The zero-order valence-electron chi connectivity index (χ0n) is 13.8. The van der Waals surface area contributed by atoms with Gasteiger partial charge < -0.3 is 9.72 Å². The first-order valence-electron chi connectivity index (χ1n) is 7.83. The third-order valence-corrected chi connectivity index (χ3v) is 4.52. The van der Waals surface area contributed by atoms with E-state index in [0.717, 1.165) is 27.7 Å². The summed E-state index contributed by atoms with van der Waals surface area (Å²) in [6.45, 7) is 7.31. The number of benzene rings is 2. The Morgan fingerprint density at radius 3 is 2.48 bits per heavy atom. The van der Waals surface area contributed by atoms with Gasteiger partial charge in [-0.2, -0.15) is 0 Å². The first kappa shape index (κ1) is 15.9. The molecule has 0 radical (unpaired) electrons. The third kappa shape index (κ3) is 4.08. The van der Waals surface area contributed by atoms with Crippen LogP contribution in [0.3, 0.4) is 0 Å². The molecule has 0 aliphatic carbocycles. The van der Waals surface area contributed by atoms with Gasteiger partial charge in [-0.15, -0.1) is 0 Å². The fraction of sp³-hybridized carbons (Fsp3) is 0.316. The molecule has 0 aliphatic rings. The van der Waals surface area contributed by atoms with Crippen LogP contribution in [0.1, 0.15) is 26.3 Å². The molecule has 0 saturated carbocycles. The summed E-state index contributed by atoms with van der Waals surface area (Å²) >= 11 is 1.68. The topological polar surface area (TPSA) is 37.9 Å². The Morgan fingerprint density at radius 2 is 1.78 bits per heavy atom. The molecule has 1 heterocycles. The van der Waals surface area contributed by atoms with Crippen molar-refractivity contribution in [2.75, 3.05) is 12.4 Å². The van der Waals surface area contributed by atoms with E-state index in [0.29, 0.717) is 6.61 Å². The zero-order chi connectivity index (χ0) is 16.3. The van der Waals surface area contributed by atoms with Crippen LogP contribution < -0.4 is 4.74 Å². The van der Waals surface area contributed by atoms with Gasteiger partial charge in [-0.25, -0.2) is 4.98 Å². The first-order valence-corrected chi connectivity index (χ1v) is 8.82. The normalized spacial score (nSPS) is 11.8. The van der Waals surface area contributed by atoms with Crippen LogP contribution in [-0.2, 0) is 5.41 Å². The molecule has 0 fully saturated rings. The highest BCUT2D eigenvalue weighted by atomic mass is 32.2. The Bertz CT molecular complexity index is 739. The van der Waals surface area contributed by atoms with E-state index in [1.165, 1.54) is 5.56 Å². The van der Waals surface area contributed by atoms with Gasteiger partial charge in [0.05, 0.1) is 17.6 Å². The largest absolute Gasteiger partial charge is 0.493 e. The molecule has 3 aromatic rings. The Morgan fingerprint density at radius 1 is 1.04 bits per heavy atom. The lowest BCUT2D eigenvalue weighted by Crippen LogP contribution is -2.10. The third-order valence-electron chi connectivity index (χ3n) is 3.68. The molecule has 1 N–H and O–H groups in total. The zero-order valence-corrected chi connectivity index (χ0v) is 14.6. The number of para-hydroxylation sites is 2. The number of fused-ring (bicyclic) bond motifs is 1. The van der Waals surface area contributed by atoms with Gasteiger partial charge in [0.1, 0.15) is 5.75 Å². The number of thioether (sulfide) groups is 1. The molecule has 1 aromatic heterocycles. The van der Waals surface area contributed by atoms with Crippen molar-refractivity contribution in [1.29, 1.82) is 0 Å². The molecule has 3 rings (SSSR count). The molecule has 4 heteroatoms. The van der Waals surface area contributed by atoms with Gasteiger partial charge in [0.2, 0.25) is 0 Å². The van der Waals surface area contributed by atoms with Crippen LogP contribution in [0.15, 0.2) is 53.7 Å². The van der Waals surface area contributed by atoms with Crippen LogP contribution in [0.4, 0.5) is 0 Å². The standard InChI is InChI=1S/C19H22N2OS/c1-19(2,3)14-8-10-15(11-9-14)22-12-13-23-18-20-16-6-4-5-7-17(16)21-18/h4-11H,12-13H2,1-3H3,(H,20,21). The van der Waals surface area contributed by atoms with Crippen LogP contribution in [0, 0.1) is 0 Å². The smallest absolute Gasteiger partial charge is 0.166 e. The van der Waals surface area contributed by atoms with Gasteiger partial charge in [-0.05, 0) is 35.2 Å². The molecule has 3 nitrogen and oxygen atoms in total. The lowest BCUT2D eigenvalue weighted by atomic mass is 9.87. The summed E-state index contributed by atoms with van der Waals surface area (Å²) < 4.78 is 5.81. The van der Waals surface area contributed by atoms with E-state index in [4.69, 9.17) is 4.74 Å². The molecule has 120 valence electrons. The van der Waals surface area contributed by atoms with Crippen LogP contribution in [0.2, 0.25) is 0 Å². The van der Waals surface area contributed by atoms with Crippen molar-refractivity contribution in [1.82, 2.24) is 9.97 Å². The summed E-state index contributed by atoms with van der Waals surface area (Å²) in [4.78, 5) is 7.86. The van der Waals surface area contributed by atoms with Crippen molar-refractivity contribution in [3.05, 3.63) is 54.1 Å². The fourth-order valence-corrected chi connectivity index (χ4v) is 3.05. The monoisotopic (exact) mass is 326 g/mol. The highest BCUT2D eigenvalue weighted by Gasteiger charge is 2.12. The van der Waals surface area contributed by atoms with Gasteiger partial charge in [-0.1, -0.05) is 56.8 Å². The molecule has 0 atom stereocenters. The predicted octanol–water partition coefficient (Wildman–Crippen LogP) is 5.03. The maximum atomic E-state index is 5.81. The van der Waals surface area contributed by atoms with E-state index in [2.05, 4.69) is 42.9 Å². The predicted molar refractivity (Wildman–Crippen MR) is 97.5 cm³/mol. The first-order chi connectivity index (χ1) is 11.0. The second kappa shape index (κ2) is 6.67. The summed E-state index contributed by atoms with van der Waals surface area (Å²) in [6.07, 6.45) is 0. The number of ether oxygens (including phenoxy) is 1. The molecule has 0 spiro atoms. The molecule has 0 bridgehead atoms. The number of aromatic nitrogens is 2. The molecule has 0 amide bonds. The summed E-state index contributed by atoms with van der Waals surface area (Å²) in [5.41, 5.74) is 3.58. The second-order valence-corrected chi connectivity index (χ2v) is 7.61. The van der Waals surface area contributed by atoms with Crippen molar-refractivity contribution >= 4 is 22.8 Å². The Kier molecular flexibility index (Phi) is 4.62. The minimum absolute atomic E-state index is 0.176. The fourth-order valence-electron chi connectivity index (χ4n) is 2.35. The number of nitrogens with one attached hydrogen (secondary N) is 1. The number of H-pyrrole nitrogens is 1. The second-order valence-electron chi connectivity index (χ2n) is 6.53. The number of nitrogens with zero attached hydrogens (tertiary/aromatic N) is 1. The van der Waals surface area contributed by atoms with E-state index in [1.807, 2.05) is 36.4 Å². The van der Waals surface area contributed by atoms with Crippen LogP contribution in [0.25, 0.3) is 11.0 Å². The van der Waals surface area contributed by atoms with Crippen molar-refractivity contribution in [2.24, 2.45) is 0 Å². The van der Waals surface area contributed by atoms with E-state index >= 15 is 0 Å². The van der Waals surface area contributed by atoms with Crippen molar-refractivity contribution in [3.63, 3.8) is 0 Å². The summed E-state index contributed by atoms with van der Waals surface area (Å²) in [7, 11) is 0. The van der Waals surface area contributed by atoms with Crippen LogP contribution in [-0.4, -0.2) is 22.3 Å². The Labute approximate surface area is 141 Å². The molecular formula is C19H22N2OS. The van der Waals surface area contributed by atoms with Crippen molar-refractivity contribution in [2.45, 2.75) is 31.3 Å². The number of rotatable bonds is 5. The van der Waals surface area contributed by atoms with Crippen molar-refractivity contribution < 1.29 is 4.74 Å². The average molecular weight is 326 g/mol. The van der Waals surface area contributed by atoms with Gasteiger partial charge in [0, 0.05) is 5.75 Å². The Balaban J connectivity index is 1.49.